The van der Waals surface area contributed by atoms with Gasteiger partial charge in [0.25, 0.3) is 0 Å². The van der Waals surface area contributed by atoms with Crippen LogP contribution in [0.2, 0.25) is 0 Å². The summed E-state index contributed by atoms with van der Waals surface area (Å²) in [7, 11) is 0. The molecule has 0 spiro atoms. The van der Waals surface area contributed by atoms with E-state index >= 15 is 0 Å². The monoisotopic (exact) mass is 284 g/mol. The summed E-state index contributed by atoms with van der Waals surface area (Å²) in [5.41, 5.74) is 6.83. The standard InChI is InChI=1S/C14H20N2O2.ClH/c1-2-10-5-6-12(17)11(9-10)16-13(18)14(15)7-3-4-8-14;/h5-6,9,17H,2-4,7-8,15H2,1H3,(H,16,18);1H. The van der Waals surface area contributed by atoms with Gasteiger partial charge >= 0.3 is 0 Å². The number of nitrogens with one attached hydrogen (secondary N) is 1. The Bertz CT molecular complexity index is 457. The molecule has 0 heterocycles. The Labute approximate surface area is 119 Å². The molecule has 1 aliphatic carbocycles. The third-order valence-corrected chi connectivity index (χ3v) is 3.67. The zero-order valence-electron chi connectivity index (χ0n) is 11.1. The van der Waals surface area contributed by atoms with Crippen molar-refractivity contribution in [3.63, 3.8) is 0 Å². The van der Waals surface area contributed by atoms with E-state index in [1.165, 1.54) is 0 Å². The van der Waals surface area contributed by atoms with Gasteiger partial charge in [-0.05, 0) is 37.0 Å². The first-order valence-corrected chi connectivity index (χ1v) is 6.47. The molecule has 2 rings (SSSR count). The van der Waals surface area contributed by atoms with Crippen LogP contribution >= 0.6 is 12.4 Å². The molecule has 4 N–H and O–H groups in total. The van der Waals surface area contributed by atoms with E-state index in [4.69, 9.17) is 5.73 Å². The van der Waals surface area contributed by atoms with Crippen molar-refractivity contribution in [3.05, 3.63) is 23.8 Å². The number of halogens is 1. The number of benzene rings is 1. The third kappa shape index (κ3) is 3.39. The highest BCUT2D eigenvalue weighted by Gasteiger charge is 2.37. The van der Waals surface area contributed by atoms with Gasteiger partial charge in [-0.1, -0.05) is 25.8 Å². The van der Waals surface area contributed by atoms with Crippen molar-refractivity contribution in [3.8, 4) is 5.75 Å². The Kier molecular flexibility index (Phi) is 5.20. The van der Waals surface area contributed by atoms with E-state index in [-0.39, 0.29) is 24.1 Å². The van der Waals surface area contributed by atoms with Crippen molar-refractivity contribution in [2.75, 3.05) is 5.32 Å². The van der Waals surface area contributed by atoms with E-state index in [0.717, 1.165) is 24.8 Å². The summed E-state index contributed by atoms with van der Waals surface area (Å²) in [6, 6.07) is 5.25. The first kappa shape index (κ1) is 15.8. The first-order chi connectivity index (χ1) is 8.55. The molecule has 1 fully saturated rings. The molecule has 0 atom stereocenters. The van der Waals surface area contributed by atoms with Crippen molar-refractivity contribution in [1.29, 1.82) is 0 Å². The minimum Gasteiger partial charge on any atom is -0.506 e. The van der Waals surface area contributed by atoms with E-state index in [0.29, 0.717) is 18.5 Å². The number of phenolic OH excluding ortho intramolecular Hbond substituents is 1. The normalized spacial score (nSPS) is 16.7. The molecule has 1 aliphatic rings. The topological polar surface area (TPSA) is 75.3 Å². The van der Waals surface area contributed by atoms with E-state index < -0.39 is 5.54 Å². The molecule has 1 aromatic rings. The number of rotatable bonds is 3. The van der Waals surface area contributed by atoms with Crippen LogP contribution in [0.15, 0.2) is 18.2 Å². The summed E-state index contributed by atoms with van der Waals surface area (Å²) < 4.78 is 0. The largest absolute Gasteiger partial charge is 0.506 e. The maximum atomic E-state index is 12.1. The number of aromatic hydroxyl groups is 1. The smallest absolute Gasteiger partial charge is 0.244 e. The number of anilines is 1. The highest BCUT2D eigenvalue weighted by atomic mass is 35.5. The van der Waals surface area contributed by atoms with Gasteiger partial charge in [0.2, 0.25) is 5.91 Å². The molecule has 106 valence electrons. The molecule has 0 saturated heterocycles. The Balaban J connectivity index is 0.00000180. The maximum Gasteiger partial charge on any atom is 0.244 e. The van der Waals surface area contributed by atoms with E-state index in [1.807, 2.05) is 13.0 Å². The Morgan fingerprint density at radius 3 is 2.63 bits per heavy atom. The van der Waals surface area contributed by atoms with Crippen LogP contribution in [0.1, 0.15) is 38.2 Å². The number of aryl methyl sites for hydroxylation is 1. The van der Waals surface area contributed by atoms with Crippen molar-refractivity contribution < 1.29 is 9.90 Å². The molecule has 4 nitrogen and oxygen atoms in total. The highest BCUT2D eigenvalue weighted by molar-refractivity contribution is 5.99. The van der Waals surface area contributed by atoms with Crippen molar-refractivity contribution in [2.45, 2.75) is 44.6 Å². The Morgan fingerprint density at radius 2 is 2.05 bits per heavy atom. The van der Waals surface area contributed by atoms with Gasteiger partial charge in [0.1, 0.15) is 5.75 Å². The van der Waals surface area contributed by atoms with Gasteiger partial charge in [-0.25, -0.2) is 0 Å². The number of hydrogen-bond donors (Lipinski definition) is 3. The van der Waals surface area contributed by atoms with Crippen LogP contribution in [-0.2, 0) is 11.2 Å². The van der Waals surface area contributed by atoms with Crippen LogP contribution < -0.4 is 11.1 Å². The lowest BCUT2D eigenvalue weighted by Crippen LogP contribution is -2.48. The molecule has 0 aromatic heterocycles. The number of nitrogens with two attached hydrogens (primary N) is 1. The summed E-state index contributed by atoms with van der Waals surface area (Å²) in [4.78, 5) is 12.1. The second kappa shape index (κ2) is 6.26. The molecule has 0 radical (unpaired) electrons. The predicted octanol–water partition coefficient (Wildman–Crippen LogP) is 2.59. The fourth-order valence-corrected chi connectivity index (χ4v) is 2.38. The van der Waals surface area contributed by atoms with Crippen molar-refractivity contribution in [2.24, 2.45) is 5.73 Å². The molecule has 19 heavy (non-hydrogen) atoms. The van der Waals surface area contributed by atoms with E-state index in [2.05, 4.69) is 5.32 Å². The second-order valence-corrected chi connectivity index (χ2v) is 5.02. The van der Waals surface area contributed by atoms with Gasteiger partial charge < -0.3 is 16.2 Å². The van der Waals surface area contributed by atoms with Gasteiger partial charge in [-0.15, -0.1) is 12.4 Å². The number of hydrogen-bond acceptors (Lipinski definition) is 3. The average Bonchev–Trinajstić information content (AvgIpc) is 2.80. The minimum absolute atomic E-state index is 0. The lowest BCUT2D eigenvalue weighted by Gasteiger charge is -2.22. The number of carbonyl (C=O) groups is 1. The van der Waals surface area contributed by atoms with E-state index in [9.17, 15) is 9.90 Å². The molecule has 0 bridgehead atoms. The quantitative estimate of drug-likeness (QED) is 0.747. The summed E-state index contributed by atoms with van der Waals surface area (Å²) in [5, 5.41) is 12.5. The number of amides is 1. The fraction of sp³-hybridized carbons (Fsp3) is 0.500. The van der Waals surface area contributed by atoms with Crippen molar-refractivity contribution >= 4 is 24.0 Å². The second-order valence-electron chi connectivity index (χ2n) is 5.02. The number of carbonyl (C=O) groups excluding carboxylic acids is 1. The minimum atomic E-state index is -0.769. The molecule has 0 aliphatic heterocycles. The summed E-state index contributed by atoms with van der Waals surface area (Å²) in [6.07, 6.45) is 4.27. The van der Waals surface area contributed by atoms with Gasteiger partial charge in [0.15, 0.2) is 0 Å². The zero-order chi connectivity index (χ0) is 13.2. The van der Waals surface area contributed by atoms with Crippen LogP contribution in [0.5, 0.6) is 5.75 Å². The highest BCUT2D eigenvalue weighted by Crippen LogP contribution is 2.30. The lowest BCUT2D eigenvalue weighted by atomic mass is 9.98. The molecule has 5 heteroatoms. The lowest BCUT2D eigenvalue weighted by molar-refractivity contribution is -0.121. The summed E-state index contributed by atoms with van der Waals surface area (Å²) in [5.74, 6) is -0.106. The van der Waals surface area contributed by atoms with E-state index in [1.54, 1.807) is 12.1 Å². The number of phenols is 1. The molecule has 1 saturated carbocycles. The summed E-state index contributed by atoms with van der Waals surface area (Å²) in [6.45, 7) is 2.03. The van der Waals surface area contributed by atoms with Crippen molar-refractivity contribution in [1.82, 2.24) is 0 Å². The average molecular weight is 285 g/mol. The van der Waals surface area contributed by atoms with Crippen LogP contribution in [-0.4, -0.2) is 16.6 Å². The Hall–Kier alpha value is -1.26. The maximum absolute atomic E-state index is 12.1. The third-order valence-electron chi connectivity index (χ3n) is 3.67. The van der Waals surface area contributed by atoms with Gasteiger partial charge in [0, 0.05) is 0 Å². The molecule has 1 aromatic carbocycles. The molecular formula is C14H21ClN2O2. The molecular weight excluding hydrogens is 264 g/mol. The van der Waals surface area contributed by atoms with Crippen LogP contribution in [0, 0.1) is 0 Å². The molecule has 0 unspecified atom stereocenters. The predicted molar refractivity (Wildman–Crippen MR) is 78.7 cm³/mol. The van der Waals surface area contributed by atoms with Gasteiger partial charge in [-0.3, -0.25) is 4.79 Å². The van der Waals surface area contributed by atoms with Gasteiger partial charge in [-0.2, -0.15) is 0 Å². The fourth-order valence-electron chi connectivity index (χ4n) is 2.38. The van der Waals surface area contributed by atoms with Crippen LogP contribution in [0.3, 0.4) is 0 Å². The SMILES string of the molecule is CCc1ccc(O)c(NC(=O)C2(N)CCCC2)c1.Cl. The van der Waals surface area contributed by atoms with Crippen LogP contribution in [0.4, 0.5) is 5.69 Å². The van der Waals surface area contributed by atoms with Crippen LogP contribution in [0.25, 0.3) is 0 Å². The Morgan fingerprint density at radius 1 is 1.42 bits per heavy atom. The summed E-state index contributed by atoms with van der Waals surface area (Å²) >= 11 is 0. The van der Waals surface area contributed by atoms with Gasteiger partial charge in [0.05, 0.1) is 11.2 Å². The zero-order valence-corrected chi connectivity index (χ0v) is 11.9. The molecule has 1 amide bonds. The first-order valence-electron chi connectivity index (χ1n) is 6.47.